The van der Waals surface area contributed by atoms with Gasteiger partial charge in [0.1, 0.15) is 6.33 Å². The Morgan fingerprint density at radius 1 is 1.46 bits per heavy atom. The van der Waals surface area contributed by atoms with Gasteiger partial charge in [-0.3, -0.25) is 14.6 Å². The summed E-state index contributed by atoms with van der Waals surface area (Å²) in [5.41, 5.74) is 0.776. The highest BCUT2D eigenvalue weighted by Gasteiger charge is 2.25. The van der Waals surface area contributed by atoms with Gasteiger partial charge in [0.25, 0.3) is 0 Å². The fourth-order valence-electron chi connectivity index (χ4n) is 2.97. The van der Waals surface area contributed by atoms with Gasteiger partial charge in [-0.05, 0) is 18.9 Å². The quantitative estimate of drug-likeness (QED) is 0.775. The molecule has 0 saturated carbocycles. The van der Waals surface area contributed by atoms with E-state index in [1.54, 1.807) is 6.20 Å². The molecular formula is C15H17N7OS. The molecule has 0 spiro atoms. The summed E-state index contributed by atoms with van der Waals surface area (Å²) in [5, 5.41) is 13.6. The van der Waals surface area contributed by atoms with Crippen LogP contribution in [0.25, 0.3) is 10.8 Å². The third-order valence-electron chi connectivity index (χ3n) is 4.15. The van der Waals surface area contributed by atoms with Gasteiger partial charge in [-0.25, -0.2) is 9.97 Å². The van der Waals surface area contributed by atoms with Crippen molar-refractivity contribution in [3.63, 3.8) is 0 Å². The molecule has 24 heavy (non-hydrogen) atoms. The molecule has 1 amide bonds. The van der Waals surface area contributed by atoms with Gasteiger partial charge in [0, 0.05) is 30.9 Å². The molecule has 9 heteroatoms. The van der Waals surface area contributed by atoms with E-state index in [2.05, 4.69) is 25.3 Å². The molecule has 8 nitrogen and oxygen atoms in total. The summed E-state index contributed by atoms with van der Waals surface area (Å²) in [6, 6.07) is 2.18. The Kier molecular flexibility index (Phi) is 4.08. The number of carbonyl (C=O) groups excluding carboxylic acids is 1. The largest absolute Gasteiger partial charge is 0.340 e. The molecule has 3 aromatic rings. The van der Waals surface area contributed by atoms with E-state index < -0.39 is 0 Å². The number of amides is 1. The number of H-pyrrole nitrogens is 1. The highest BCUT2D eigenvalue weighted by Crippen LogP contribution is 2.23. The molecule has 0 radical (unpaired) electrons. The molecule has 0 aromatic carbocycles. The predicted octanol–water partition coefficient (Wildman–Crippen LogP) is 1.53. The van der Waals surface area contributed by atoms with Crippen LogP contribution < -0.4 is 0 Å². The van der Waals surface area contributed by atoms with E-state index in [4.69, 9.17) is 0 Å². The summed E-state index contributed by atoms with van der Waals surface area (Å²) in [7, 11) is 0. The molecule has 0 bridgehead atoms. The van der Waals surface area contributed by atoms with Crippen molar-refractivity contribution in [2.45, 2.75) is 25.3 Å². The summed E-state index contributed by atoms with van der Waals surface area (Å²) < 4.78 is 1.95. The fraction of sp³-hybridized carbons (Fsp3) is 0.400. The van der Waals surface area contributed by atoms with Gasteiger partial charge < -0.3 is 4.90 Å². The Morgan fingerprint density at radius 3 is 3.21 bits per heavy atom. The average Bonchev–Trinajstić information content (AvgIpc) is 3.36. The Morgan fingerprint density at radius 2 is 2.42 bits per heavy atom. The van der Waals surface area contributed by atoms with Crippen LogP contribution in [0.2, 0.25) is 0 Å². The number of hydrogen-bond donors (Lipinski definition) is 1. The summed E-state index contributed by atoms with van der Waals surface area (Å²) in [5.74, 6) is 0.747. The first-order chi connectivity index (χ1) is 11.8. The van der Waals surface area contributed by atoms with Crippen molar-refractivity contribution in [1.82, 2.24) is 34.8 Å². The number of thiazole rings is 1. The Hall–Kier alpha value is -2.55. The number of likely N-dealkylation sites (tertiary alicyclic amines) is 1. The van der Waals surface area contributed by atoms with Gasteiger partial charge in [0.2, 0.25) is 5.91 Å². The SMILES string of the molecule is O=C(Cc1csc(-c2ncn[nH]2)n1)N1CCC[C@H](n2cccn2)C1. The molecule has 4 rings (SSSR count). The number of piperidine rings is 1. The van der Waals surface area contributed by atoms with Crippen LogP contribution in [-0.4, -0.2) is 53.8 Å². The van der Waals surface area contributed by atoms with Crippen LogP contribution >= 0.6 is 11.3 Å². The predicted molar refractivity (Wildman–Crippen MR) is 88.3 cm³/mol. The van der Waals surface area contributed by atoms with E-state index in [-0.39, 0.29) is 11.9 Å². The van der Waals surface area contributed by atoms with E-state index in [0.29, 0.717) is 18.8 Å². The first kappa shape index (κ1) is 15.0. The van der Waals surface area contributed by atoms with Gasteiger partial charge in [0.15, 0.2) is 10.8 Å². The number of nitrogens with one attached hydrogen (secondary N) is 1. The number of aromatic nitrogens is 6. The number of rotatable bonds is 4. The van der Waals surface area contributed by atoms with Gasteiger partial charge in [-0.2, -0.15) is 10.2 Å². The summed E-state index contributed by atoms with van der Waals surface area (Å²) in [6.07, 6.45) is 7.56. The highest BCUT2D eigenvalue weighted by molar-refractivity contribution is 7.13. The summed E-state index contributed by atoms with van der Waals surface area (Å²) in [4.78, 5) is 23.1. The van der Waals surface area contributed by atoms with Crippen LogP contribution in [-0.2, 0) is 11.2 Å². The van der Waals surface area contributed by atoms with Crippen molar-refractivity contribution in [3.05, 3.63) is 35.9 Å². The van der Waals surface area contributed by atoms with Crippen LogP contribution in [0.1, 0.15) is 24.6 Å². The topological polar surface area (TPSA) is 92.6 Å². The molecule has 0 unspecified atom stereocenters. The zero-order valence-electron chi connectivity index (χ0n) is 13.0. The van der Waals surface area contributed by atoms with Crippen LogP contribution in [0.4, 0.5) is 0 Å². The zero-order chi connectivity index (χ0) is 16.4. The summed E-state index contributed by atoms with van der Waals surface area (Å²) in [6.45, 7) is 1.51. The first-order valence-corrected chi connectivity index (χ1v) is 8.74. The average molecular weight is 343 g/mol. The standard InChI is InChI=1S/C15H17N7OS/c23-13(7-11-9-24-15(19-11)14-16-10-17-20-14)21-5-1-3-12(8-21)22-6-2-4-18-22/h2,4,6,9-10,12H,1,3,5,7-8H2,(H,16,17,20)/t12-/m0/s1. The molecular weight excluding hydrogens is 326 g/mol. The monoisotopic (exact) mass is 343 g/mol. The number of aromatic amines is 1. The molecule has 1 atom stereocenters. The minimum atomic E-state index is 0.112. The first-order valence-electron chi connectivity index (χ1n) is 7.86. The maximum atomic E-state index is 12.6. The molecule has 1 aliphatic heterocycles. The van der Waals surface area contributed by atoms with Crippen molar-refractivity contribution in [3.8, 4) is 10.8 Å². The number of hydrogen-bond acceptors (Lipinski definition) is 6. The smallest absolute Gasteiger partial charge is 0.228 e. The van der Waals surface area contributed by atoms with Crippen LogP contribution in [0.3, 0.4) is 0 Å². The molecule has 1 fully saturated rings. The minimum absolute atomic E-state index is 0.112. The van der Waals surface area contributed by atoms with E-state index in [0.717, 1.165) is 30.1 Å². The van der Waals surface area contributed by atoms with Gasteiger partial charge >= 0.3 is 0 Å². The van der Waals surface area contributed by atoms with E-state index in [1.807, 2.05) is 27.2 Å². The van der Waals surface area contributed by atoms with Crippen LogP contribution in [0.15, 0.2) is 30.2 Å². The molecule has 3 aromatic heterocycles. The highest BCUT2D eigenvalue weighted by atomic mass is 32.1. The van der Waals surface area contributed by atoms with E-state index in [1.165, 1.54) is 17.7 Å². The molecule has 124 valence electrons. The fourth-order valence-corrected chi connectivity index (χ4v) is 3.73. The second-order valence-electron chi connectivity index (χ2n) is 5.78. The zero-order valence-corrected chi connectivity index (χ0v) is 13.8. The Labute approximate surface area is 142 Å². The van der Waals surface area contributed by atoms with Crippen molar-refractivity contribution in [2.75, 3.05) is 13.1 Å². The van der Waals surface area contributed by atoms with Gasteiger partial charge in [-0.15, -0.1) is 11.3 Å². The molecule has 1 saturated heterocycles. The van der Waals surface area contributed by atoms with Crippen molar-refractivity contribution in [1.29, 1.82) is 0 Å². The van der Waals surface area contributed by atoms with Crippen molar-refractivity contribution >= 4 is 17.2 Å². The maximum Gasteiger partial charge on any atom is 0.228 e. The molecule has 1 N–H and O–H groups in total. The second-order valence-corrected chi connectivity index (χ2v) is 6.63. The number of carbonyl (C=O) groups is 1. The molecule has 1 aliphatic rings. The van der Waals surface area contributed by atoms with E-state index in [9.17, 15) is 4.79 Å². The lowest BCUT2D eigenvalue weighted by Crippen LogP contribution is -2.41. The minimum Gasteiger partial charge on any atom is -0.340 e. The summed E-state index contributed by atoms with van der Waals surface area (Å²) >= 11 is 1.46. The lowest BCUT2D eigenvalue weighted by Gasteiger charge is -2.32. The number of nitrogens with zero attached hydrogens (tertiary/aromatic N) is 6. The van der Waals surface area contributed by atoms with E-state index >= 15 is 0 Å². The lowest BCUT2D eigenvalue weighted by molar-refractivity contribution is -0.132. The molecule has 4 heterocycles. The van der Waals surface area contributed by atoms with Crippen molar-refractivity contribution < 1.29 is 4.79 Å². The normalized spacial score (nSPS) is 18.0. The van der Waals surface area contributed by atoms with Gasteiger partial charge in [0.05, 0.1) is 18.2 Å². The third-order valence-corrected chi connectivity index (χ3v) is 5.05. The Balaban J connectivity index is 1.41. The van der Waals surface area contributed by atoms with Crippen molar-refractivity contribution in [2.24, 2.45) is 0 Å². The third kappa shape index (κ3) is 3.07. The second kappa shape index (κ2) is 6.52. The lowest BCUT2D eigenvalue weighted by atomic mass is 10.1. The molecule has 0 aliphatic carbocycles. The van der Waals surface area contributed by atoms with Gasteiger partial charge in [-0.1, -0.05) is 0 Å². The maximum absolute atomic E-state index is 12.6. The Bertz CT molecular complexity index is 796. The van der Waals surface area contributed by atoms with Crippen LogP contribution in [0, 0.1) is 0 Å². The van der Waals surface area contributed by atoms with Crippen LogP contribution in [0.5, 0.6) is 0 Å².